The van der Waals surface area contributed by atoms with Crippen molar-refractivity contribution >= 4 is 17.4 Å². The van der Waals surface area contributed by atoms with Gasteiger partial charge in [-0.05, 0) is 50.2 Å². The standard InChI is InChI=1S/C20H20N4O2/c1-14(2)21-19-13-12-17(23-24-19)20(25)22-16-10-6-7-11-18(16)26-15-8-4-3-5-9-15/h3-14H,1-2H3,(H,21,24)(H,22,25). The number of ether oxygens (including phenoxy) is 1. The number of aromatic nitrogens is 2. The van der Waals surface area contributed by atoms with E-state index in [4.69, 9.17) is 4.74 Å². The number of hydrogen-bond acceptors (Lipinski definition) is 5. The summed E-state index contributed by atoms with van der Waals surface area (Å²) in [6.45, 7) is 4.01. The van der Waals surface area contributed by atoms with Crippen LogP contribution >= 0.6 is 0 Å². The van der Waals surface area contributed by atoms with E-state index >= 15 is 0 Å². The number of para-hydroxylation sites is 3. The number of carbonyl (C=O) groups is 1. The van der Waals surface area contributed by atoms with Crippen LogP contribution < -0.4 is 15.4 Å². The van der Waals surface area contributed by atoms with Crippen LogP contribution in [0.1, 0.15) is 24.3 Å². The van der Waals surface area contributed by atoms with Crippen LogP contribution in [0.15, 0.2) is 66.7 Å². The van der Waals surface area contributed by atoms with Gasteiger partial charge in [-0.1, -0.05) is 30.3 Å². The van der Waals surface area contributed by atoms with Gasteiger partial charge in [0.2, 0.25) is 0 Å². The van der Waals surface area contributed by atoms with Gasteiger partial charge in [-0.2, -0.15) is 0 Å². The number of anilines is 2. The Morgan fingerprint density at radius 3 is 2.35 bits per heavy atom. The molecule has 1 aromatic heterocycles. The summed E-state index contributed by atoms with van der Waals surface area (Å²) in [5, 5.41) is 13.9. The summed E-state index contributed by atoms with van der Waals surface area (Å²) in [5.74, 6) is 1.53. The van der Waals surface area contributed by atoms with E-state index in [1.165, 1.54) is 0 Å². The van der Waals surface area contributed by atoms with Crippen molar-refractivity contribution in [2.45, 2.75) is 19.9 Å². The molecule has 6 heteroatoms. The van der Waals surface area contributed by atoms with Gasteiger partial charge >= 0.3 is 0 Å². The molecule has 3 rings (SSSR count). The minimum absolute atomic E-state index is 0.230. The first-order valence-electron chi connectivity index (χ1n) is 8.35. The number of rotatable bonds is 6. The van der Waals surface area contributed by atoms with Gasteiger partial charge in [0.1, 0.15) is 11.6 Å². The fraction of sp³-hybridized carbons (Fsp3) is 0.150. The van der Waals surface area contributed by atoms with Crippen molar-refractivity contribution < 1.29 is 9.53 Å². The Kier molecular flexibility index (Phi) is 5.43. The normalized spacial score (nSPS) is 10.4. The van der Waals surface area contributed by atoms with E-state index in [-0.39, 0.29) is 17.6 Å². The molecule has 2 N–H and O–H groups in total. The van der Waals surface area contributed by atoms with Gasteiger partial charge in [0.05, 0.1) is 5.69 Å². The van der Waals surface area contributed by atoms with Crippen molar-refractivity contribution in [2.24, 2.45) is 0 Å². The lowest BCUT2D eigenvalue weighted by Crippen LogP contribution is -2.16. The molecule has 0 saturated carbocycles. The molecule has 2 aromatic carbocycles. The minimum Gasteiger partial charge on any atom is -0.455 e. The third-order valence-corrected chi connectivity index (χ3v) is 3.44. The van der Waals surface area contributed by atoms with Gasteiger partial charge in [-0.25, -0.2) is 0 Å². The van der Waals surface area contributed by atoms with Crippen molar-refractivity contribution in [1.82, 2.24) is 10.2 Å². The van der Waals surface area contributed by atoms with Crippen LogP contribution in [-0.2, 0) is 0 Å². The highest BCUT2D eigenvalue weighted by Crippen LogP contribution is 2.29. The van der Waals surface area contributed by atoms with E-state index in [1.54, 1.807) is 24.3 Å². The van der Waals surface area contributed by atoms with Gasteiger partial charge in [-0.3, -0.25) is 4.79 Å². The monoisotopic (exact) mass is 348 g/mol. The first-order chi connectivity index (χ1) is 12.6. The average molecular weight is 348 g/mol. The van der Waals surface area contributed by atoms with Crippen molar-refractivity contribution in [3.8, 4) is 11.5 Å². The van der Waals surface area contributed by atoms with Gasteiger partial charge in [-0.15, -0.1) is 10.2 Å². The maximum Gasteiger partial charge on any atom is 0.276 e. The maximum atomic E-state index is 12.5. The van der Waals surface area contributed by atoms with Crippen molar-refractivity contribution in [2.75, 3.05) is 10.6 Å². The average Bonchev–Trinajstić information content (AvgIpc) is 2.64. The molecule has 0 aliphatic carbocycles. The summed E-state index contributed by atoms with van der Waals surface area (Å²) >= 11 is 0. The molecule has 0 aliphatic rings. The molecule has 6 nitrogen and oxygen atoms in total. The SMILES string of the molecule is CC(C)Nc1ccc(C(=O)Nc2ccccc2Oc2ccccc2)nn1. The minimum atomic E-state index is -0.349. The quantitative estimate of drug-likeness (QED) is 0.693. The maximum absolute atomic E-state index is 12.5. The molecule has 3 aromatic rings. The number of nitrogens with zero attached hydrogens (tertiary/aromatic N) is 2. The molecule has 0 saturated heterocycles. The van der Waals surface area contributed by atoms with E-state index < -0.39 is 0 Å². The Morgan fingerprint density at radius 2 is 1.65 bits per heavy atom. The lowest BCUT2D eigenvalue weighted by atomic mass is 10.2. The topological polar surface area (TPSA) is 76.1 Å². The van der Waals surface area contributed by atoms with Crippen LogP contribution in [0.3, 0.4) is 0 Å². The summed E-state index contributed by atoms with van der Waals surface area (Å²) < 4.78 is 5.85. The highest BCUT2D eigenvalue weighted by atomic mass is 16.5. The zero-order valence-electron chi connectivity index (χ0n) is 14.6. The Hall–Kier alpha value is -3.41. The van der Waals surface area contributed by atoms with E-state index in [9.17, 15) is 4.79 Å². The summed E-state index contributed by atoms with van der Waals surface area (Å²) in [4.78, 5) is 12.5. The van der Waals surface area contributed by atoms with Crippen LogP contribution in [-0.4, -0.2) is 22.1 Å². The zero-order chi connectivity index (χ0) is 18.4. The predicted octanol–water partition coefficient (Wildman–Crippen LogP) is 4.34. The van der Waals surface area contributed by atoms with E-state index in [0.29, 0.717) is 23.0 Å². The second-order valence-electron chi connectivity index (χ2n) is 5.97. The van der Waals surface area contributed by atoms with Gasteiger partial charge in [0.15, 0.2) is 11.4 Å². The molecule has 26 heavy (non-hydrogen) atoms. The first-order valence-corrected chi connectivity index (χ1v) is 8.35. The Balaban J connectivity index is 1.73. The third kappa shape index (κ3) is 4.57. The first kappa shape index (κ1) is 17.4. The van der Waals surface area contributed by atoms with Crippen molar-refractivity contribution in [1.29, 1.82) is 0 Å². The molecule has 0 bridgehead atoms. The fourth-order valence-electron chi connectivity index (χ4n) is 2.29. The van der Waals surface area contributed by atoms with Crippen LogP contribution in [0.2, 0.25) is 0 Å². The molecule has 0 aliphatic heterocycles. The number of amides is 1. The Labute approximate surface area is 152 Å². The molecular weight excluding hydrogens is 328 g/mol. The number of carbonyl (C=O) groups excluding carboxylic acids is 1. The molecule has 0 unspecified atom stereocenters. The summed E-state index contributed by atoms with van der Waals surface area (Å²) in [6, 6.07) is 20.2. The third-order valence-electron chi connectivity index (χ3n) is 3.44. The van der Waals surface area contributed by atoms with Gasteiger partial charge in [0.25, 0.3) is 5.91 Å². The Morgan fingerprint density at radius 1 is 0.923 bits per heavy atom. The molecule has 1 heterocycles. The fourth-order valence-corrected chi connectivity index (χ4v) is 2.29. The van der Waals surface area contributed by atoms with Crippen molar-refractivity contribution in [3.05, 3.63) is 72.4 Å². The van der Waals surface area contributed by atoms with E-state index in [2.05, 4.69) is 20.8 Å². The number of benzene rings is 2. The second-order valence-corrected chi connectivity index (χ2v) is 5.97. The molecular formula is C20H20N4O2. The highest BCUT2D eigenvalue weighted by molar-refractivity contribution is 6.03. The molecule has 132 valence electrons. The van der Waals surface area contributed by atoms with E-state index in [1.807, 2.05) is 56.3 Å². The summed E-state index contributed by atoms with van der Waals surface area (Å²) in [6.07, 6.45) is 0. The smallest absolute Gasteiger partial charge is 0.276 e. The zero-order valence-corrected chi connectivity index (χ0v) is 14.6. The van der Waals surface area contributed by atoms with Crippen LogP contribution in [0.25, 0.3) is 0 Å². The molecule has 0 spiro atoms. The summed E-state index contributed by atoms with van der Waals surface area (Å²) in [7, 11) is 0. The molecule has 0 fully saturated rings. The Bertz CT molecular complexity index is 864. The summed E-state index contributed by atoms with van der Waals surface area (Å²) in [5.41, 5.74) is 0.793. The number of hydrogen-bond donors (Lipinski definition) is 2. The lowest BCUT2D eigenvalue weighted by molar-refractivity contribution is 0.102. The van der Waals surface area contributed by atoms with Crippen LogP contribution in [0.4, 0.5) is 11.5 Å². The highest BCUT2D eigenvalue weighted by Gasteiger charge is 2.12. The molecule has 1 amide bonds. The second kappa shape index (κ2) is 8.11. The molecule has 0 atom stereocenters. The number of nitrogens with one attached hydrogen (secondary N) is 2. The molecule has 0 radical (unpaired) electrons. The van der Waals surface area contributed by atoms with Crippen LogP contribution in [0.5, 0.6) is 11.5 Å². The van der Waals surface area contributed by atoms with Gasteiger partial charge < -0.3 is 15.4 Å². The predicted molar refractivity (Wildman–Crippen MR) is 102 cm³/mol. The van der Waals surface area contributed by atoms with Crippen LogP contribution in [0, 0.1) is 0 Å². The van der Waals surface area contributed by atoms with E-state index in [0.717, 1.165) is 0 Å². The van der Waals surface area contributed by atoms with Gasteiger partial charge in [0, 0.05) is 6.04 Å². The lowest BCUT2D eigenvalue weighted by Gasteiger charge is -2.12. The largest absolute Gasteiger partial charge is 0.455 e. The van der Waals surface area contributed by atoms with Crippen molar-refractivity contribution in [3.63, 3.8) is 0 Å².